The molecule has 6 aromatic carbocycles. The molecular formula is C38H25BrN2O2. The highest BCUT2D eigenvalue weighted by Crippen LogP contribution is 2.34. The Labute approximate surface area is 256 Å². The summed E-state index contributed by atoms with van der Waals surface area (Å²) >= 11 is 3.55. The molecule has 206 valence electrons. The Morgan fingerprint density at radius 2 is 0.791 bits per heavy atom. The van der Waals surface area contributed by atoms with E-state index in [-0.39, 0.29) is 0 Å². The van der Waals surface area contributed by atoms with Gasteiger partial charge >= 0.3 is 0 Å². The maximum atomic E-state index is 10.9. The minimum atomic E-state index is 0.687. The lowest BCUT2D eigenvalue weighted by Gasteiger charge is -2.07. The van der Waals surface area contributed by atoms with Crippen LogP contribution in [0.15, 0.2) is 144 Å². The van der Waals surface area contributed by atoms with E-state index in [2.05, 4.69) is 110 Å². The number of carbonyl (C=O) groups is 2. The van der Waals surface area contributed by atoms with Crippen molar-refractivity contribution in [1.29, 1.82) is 0 Å². The van der Waals surface area contributed by atoms with Crippen molar-refractivity contribution < 1.29 is 9.59 Å². The minimum absolute atomic E-state index is 0.687. The van der Waals surface area contributed by atoms with Gasteiger partial charge in [0, 0.05) is 48.5 Å². The third-order valence-corrected chi connectivity index (χ3v) is 8.28. The molecule has 0 N–H and O–H groups in total. The smallest absolute Gasteiger partial charge is 0.150 e. The molecule has 0 spiro atoms. The largest absolute Gasteiger partial charge is 0.309 e. The standard InChI is InChI=1S/C19H12BrNO.C19H13NO/c20-14-7-10-19-17(11-14)16-3-1-2-4-18(16)21(19)15-8-5-13(12-22)6-9-15;21-13-14-9-11-15(12-10-14)20-18-7-3-1-5-16(18)17-6-2-4-8-19(17)20/h1-12H;1-13H. The molecule has 2 aromatic heterocycles. The van der Waals surface area contributed by atoms with E-state index >= 15 is 0 Å². The van der Waals surface area contributed by atoms with Crippen molar-refractivity contribution in [3.05, 3.63) is 155 Å². The van der Waals surface area contributed by atoms with Gasteiger partial charge in [-0.1, -0.05) is 70.5 Å². The van der Waals surface area contributed by atoms with Gasteiger partial charge in [0.2, 0.25) is 0 Å². The van der Waals surface area contributed by atoms with Gasteiger partial charge in [0.1, 0.15) is 12.6 Å². The van der Waals surface area contributed by atoms with E-state index in [1.165, 1.54) is 32.6 Å². The highest BCUT2D eigenvalue weighted by molar-refractivity contribution is 9.10. The number of aldehydes is 2. The van der Waals surface area contributed by atoms with E-state index in [1.807, 2.05) is 54.6 Å². The number of rotatable bonds is 4. The first kappa shape index (κ1) is 26.6. The molecule has 0 saturated carbocycles. The highest BCUT2D eigenvalue weighted by atomic mass is 79.9. The molecule has 2 heterocycles. The summed E-state index contributed by atoms with van der Waals surface area (Å²) in [5, 5.41) is 4.92. The fourth-order valence-corrected chi connectivity index (χ4v) is 6.19. The van der Waals surface area contributed by atoms with Crippen LogP contribution in [0.2, 0.25) is 0 Å². The average molecular weight is 622 g/mol. The van der Waals surface area contributed by atoms with Crippen LogP contribution in [0.4, 0.5) is 0 Å². The van der Waals surface area contributed by atoms with Crippen molar-refractivity contribution in [3.63, 3.8) is 0 Å². The average Bonchev–Trinajstić information content (AvgIpc) is 3.58. The van der Waals surface area contributed by atoms with Crippen molar-refractivity contribution in [2.45, 2.75) is 0 Å². The van der Waals surface area contributed by atoms with Crippen LogP contribution in [0.5, 0.6) is 0 Å². The van der Waals surface area contributed by atoms with E-state index < -0.39 is 0 Å². The Bertz CT molecular complexity index is 2220. The first-order valence-corrected chi connectivity index (χ1v) is 14.7. The molecule has 0 aliphatic rings. The van der Waals surface area contributed by atoms with E-state index in [9.17, 15) is 9.59 Å². The summed E-state index contributed by atoms with van der Waals surface area (Å²) in [7, 11) is 0. The third kappa shape index (κ3) is 4.74. The van der Waals surface area contributed by atoms with E-state index in [0.717, 1.165) is 39.5 Å². The lowest BCUT2D eigenvalue weighted by Crippen LogP contribution is -1.93. The lowest BCUT2D eigenvalue weighted by molar-refractivity contribution is 0.111. The van der Waals surface area contributed by atoms with Crippen molar-refractivity contribution >= 4 is 72.1 Å². The number of fused-ring (bicyclic) bond motifs is 6. The van der Waals surface area contributed by atoms with Gasteiger partial charge in [-0.25, -0.2) is 0 Å². The van der Waals surface area contributed by atoms with Gasteiger partial charge in [0.05, 0.1) is 22.1 Å². The second kappa shape index (κ2) is 11.2. The van der Waals surface area contributed by atoms with E-state index in [4.69, 9.17) is 0 Å². The predicted molar refractivity (Wildman–Crippen MR) is 180 cm³/mol. The molecule has 8 aromatic rings. The first-order valence-electron chi connectivity index (χ1n) is 13.9. The number of benzene rings is 6. The van der Waals surface area contributed by atoms with Crippen molar-refractivity contribution in [2.24, 2.45) is 0 Å². The SMILES string of the molecule is O=Cc1ccc(-n2c3ccccc3c3cc(Br)ccc32)cc1.O=Cc1ccc(-n2c3ccccc3c3ccccc32)cc1. The van der Waals surface area contributed by atoms with Crippen molar-refractivity contribution in [3.8, 4) is 11.4 Å². The number of carbonyl (C=O) groups excluding carboxylic acids is 2. The van der Waals surface area contributed by atoms with Gasteiger partial charge in [-0.3, -0.25) is 9.59 Å². The van der Waals surface area contributed by atoms with Crippen LogP contribution in [-0.2, 0) is 0 Å². The summed E-state index contributed by atoms with van der Waals surface area (Å²) in [6, 6.07) is 46.8. The van der Waals surface area contributed by atoms with Crippen LogP contribution >= 0.6 is 15.9 Å². The molecule has 8 rings (SSSR count). The number of halogens is 1. The quantitative estimate of drug-likeness (QED) is 0.184. The fraction of sp³-hybridized carbons (Fsp3) is 0. The van der Waals surface area contributed by atoms with Crippen LogP contribution in [0, 0.1) is 0 Å². The van der Waals surface area contributed by atoms with Crippen LogP contribution in [0.3, 0.4) is 0 Å². The number of para-hydroxylation sites is 3. The zero-order chi connectivity index (χ0) is 29.3. The van der Waals surface area contributed by atoms with Gasteiger partial charge in [-0.15, -0.1) is 0 Å². The fourth-order valence-electron chi connectivity index (χ4n) is 5.83. The summed E-state index contributed by atoms with van der Waals surface area (Å²) in [6.45, 7) is 0. The van der Waals surface area contributed by atoms with Crippen LogP contribution in [-0.4, -0.2) is 21.7 Å². The number of hydrogen-bond donors (Lipinski definition) is 0. The molecule has 0 aliphatic heterocycles. The summed E-state index contributed by atoms with van der Waals surface area (Å²) in [4.78, 5) is 21.7. The number of nitrogens with zero attached hydrogens (tertiary/aromatic N) is 2. The van der Waals surface area contributed by atoms with Gasteiger partial charge in [-0.05, 0) is 84.9 Å². The summed E-state index contributed by atoms with van der Waals surface area (Å²) in [5.74, 6) is 0. The Balaban J connectivity index is 0.000000140. The number of hydrogen-bond acceptors (Lipinski definition) is 2. The predicted octanol–water partition coefficient (Wildman–Crippen LogP) is 9.95. The summed E-state index contributed by atoms with van der Waals surface area (Å²) in [5.41, 5.74) is 8.18. The van der Waals surface area contributed by atoms with E-state index in [1.54, 1.807) is 0 Å². The van der Waals surface area contributed by atoms with Crippen LogP contribution in [0.25, 0.3) is 55.0 Å². The van der Waals surface area contributed by atoms with Gasteiger partial charge in [0.15, 0.2) is 0 Å². The molecule has 0 fully saturated rings. The summed E-state index contributed by atoms with van der Waals surface area (Å²) in [6.07, 6.45) is 1.74. The highest BCUT2D eigenvalue weighted by Gasteiger charge is 2.13. The first-order chi connectivity index (χ1) is 21.2. The normalized spacial score (nSPS) is 11.1. The lowest BCUT2D eigenvalue weighted by atomic mass is 10.2. The van der Waals surface area contributed by atoms with Gasteiger partial charge in [0.25, 0.3) is 0 Å². The number of aromatic nitrogens is 2. The van der Waals surface area contributed by atoms with E-state index in [0.29, 0.717) is 11.1 Å². The molecular weight excluding hydrogens is 596 g/mol. The second-order valence-corrected chi connectivity index (χ2v) is 11.2. The molecule has 5 heteroatoms. The molecule has 0 aliphatic carbocycles. The summed E-state index contributed by atoms with van der Waals surface area (Å²) < 4.78 is 5.53. The molecule has 4 nitrogen and oxygen atoms in total. The Morgan fingerprint density at radius 1 is 0.419 bits per heavy atom. The molecule has 0 unspecified atom stereocenters. The molecule has 0 saturated heterocycles. The zero-order valence-electron chi connectivity index (χ0n) is 23.0. The molecule has 0 bridgehead atoms. The Kier molecular flexibility index (Phi) is 6.93. The molecule has 43 heavy (non-hydrogen) atoms. The second-order valence-electron chi connectivity index (χ2n) is 10.3. The van der Waals surface area contributed by atoms with Crippen LogP contribution < -0.4 is 0 Å². The minimum Gasteiger partial charge on any atom is -0.309 e. The van der Waals surface area contributed by atoms with Gasteiger partial charge in [-0.2, -0.15) is 0 Å². The molecule has 0 radical (unpaired) electrons. The van der Waals surface area contributed by atoms with Crippen molar-refractivity contribution in [1.82, 2.24) is 9.13 Å². The molecule has 0 amide bonds. The Morgan fingerprint density at radius 3 is 1.21 bits per heavy atom. The van der Waals surface area contributed by atoms with Crippen molar-refractivity contribution in [2.75, 3.05) is 0 Å². The molecule has 0 atom stereocenters. The van der Waals surface area contributed by atoms with Crippen LogP contribution in [0.1, 0.15) is 20.7 Å². The third-order valence-electron chi connectivity index (χ3n) is 7.79. The monoisotopic (exact) mass is 620 g/mol. The maximum Gasteiger partial charge on any atom is 0.150 e. The zero-order valence-corrected chi connectivity index (χ0v) is 24.6. The Hall–Kier alpha value is -5.26. The maximum absolute atomic E-state index is 10.9. The van der Waals surface area contributed by atoms with Gasteiger partial charge < -0.3 is 9.13 Å². The topological polar surface area (TPSA) is 44.0 Å².